The number of nitrogens with one attached hydrogen (secondary N) is 1. The second kappa shape index (κ2) is 7.01. The molecule has 0 aliphatic carbocycles. The quantitative estimate of drug-likeness (QED) is 0.832. The fourth-order valence-corrected chi connectivity index (χ4v) is 3.64. The Bertz CT molecular complexity index is 1060. The molecule has 2 N–H and O–H groups in total. The van der Waals surface area contributed by atoms with Gasteiger partial charge in [0.05, 0.1) is 24.6 Å². The van der Waals surface area contributed by atoms with Crippen LogP contribution in [0.2, 0.25) is 0 Å². The molecule has 0 saturated heterocycles. The van der Waals surface area contributed by atoms with Crippen LogP contribution in [0.15, 0.2) is 64.2 Å². The third kappa shape index (κ3) is 3.10. The molecule has 2 aromatic rings. The van der Waals surface area contributed by atoms with Gasteiger partial charge in [-0.25, -0.2) is 14.4 Å². The number of aliphatic imine (C=N–C) groups is 2. The second-order valence-corrected chi connectivity index (χ2v) is 6.65. The van der Waals surface area contributed by atoms with Crippen LogP contribution in [0.25, 0.3) is 11.1 Å². The monoisotopic (exact) mass is 378 g/mol. The summed E-state index contributed by atoms with van der Waals surface area (Å²) in [6.45, 7) is 1.78. The van der Waals surface area contributed by atoms with Gasteiger partial charge in [0, 0.05) is 23.8 Å². The normalized spacial score (nSPS) is 18.9. The number of benzene rings is 2. The maximum Gasteiger partial charge on any atom is 0.242 e. The Kier molecular flexibility index (Phi) is 4.52. The topological polar surface area (TPSA) is 81.3 Å². The van der Waals surface area contributed by atoms with Crippen molar-refractivity contribution in [3.63, 3.8) is 0 Å². The van der Waals surface area contributed by atoms with Gasteiger partial charge >= 0.3 is 0 Å². The molecule has 0 spiro atoms. The first-order valence-corrected chi connectivity index (χ1v) is 8.82. The molecule has 2 aliphatic heterocycles. The summed E-state index contributed by atoms with van der Waals surface area (Å²) in [4.78, 5) is 8.27. The highest BCUT2D eigenvalue weighted by Crippen LogP contribution is 2.40. The van der Waals surface area contributed by atoms with Crippen LogP contribution >= 0.6 is 0 Å². The summed E-state index contributed by atoms with van der Waals surface area (Å²) in [5.74, 6) is 0.186. The van der Waals surface area contributed by atoms with E-state index in [0.29, 0.717) is 34.7 Å². The highest BCUT2D eigenvalue weighted by Gasteiger charge is 2.32. The van der Waals surface area contributed by atoms with Crippen molar-refractivity contribution in [1.29, 1.82) is 5.41 Å². The number of para-hydroxylation sites is 1. The number of hydrogen-bond acceptors (Lipinski definition) is 4. The minimum Gasteiger partial charge on any atom is -0.496 e. The maximum atomic E-state index is 14.1. The summed E-state index contributed by atoms with van der Waals surface area (Å²) in [7, 11) is 1.57. The lowest BCUT2D eigenvalue weighted by Crippen LogP contribution is -2.33. The lowest BCUT2D eigenvalue weighted by Gasteiger charge is -2.33. The number of halogens is 1. The standard InChI is InChI=1S/C21H19FN4O2/c1-12-17-11-26(27)19(10-18(17)25-21(23)24-12)14-8-7-13(22)9-16(14)15-5-3-4-6-20(15)28-2/h3-9,11,19,23,27H,10H2,1-2H3. The molecule has 0 bridgehead atoms. The predicted octanol–water partition coefficient (Wildman–Crippen LogP) is 4.37. The van der Waals surface area contributed by atoms with Gasteiger partial charge in [-0.1, -0.05) is 24.3 Å². The molecule has 6 nitrogen and oxygen atoms in total. The predicted molar refractivity (Wildman–Crippen MR) is 106 cm³/mol. The van der Waals surface area contributed by atoms with Crippen molar-refractivity contribution in [2.24, 2.45) is 9.98 Å². The third-order valence-electron chi connectivity index (χ3n) is 4.95. The van der Waals surface area contributed by atoms with E-state index in [9.17, 15) is 9.60 Å². The van der Waals surface area contributed by atoms with E-state index in [1.54, 1.807) is 26.3 Å². The van der Waals surface area contributed by atoms with Crippen molar-refractivity contribution < 1.29 is 14.3 Å². The van der Waals surface area contributed by atoms with E-state index in [4.69, 9.17) is 10.1 Å². The summed E-state index contributed by atoms with van der Waals surface area (Å²) in [6.07, 6.45) is 1.93. The molecule has 2 aliphatic rings. The van der Waals surface area contributed by atoms with Gasteiger partial charge in [-0.2, -0.15) is 0 Å². The van der Waals surface area contributed by atoms with Gasteiger partial charge in [-0.3, -0.25) is 15.7 Å². The Balaban J connectivity index is 1.84. The molecule has 1 atom stereocenters. The smallest absolute Gasteiger partial charge is 0.242 e. The number of ether oxygens (including phenoxy) is 1. The highest BCUT2D eigenvalue weighted by molar-refractivity contribution is 6.30. The van der Waals surface area contributed by atoms with Crippen molar-refractivity contribution >= 4 is 17.4 Å². The number of hydroxylamine groups is 2. The van der Waals surface area contributed by atoms with Gasteiger partial charge in [0.1, 0.15) is 11.6 Å². The Morgan fingerprint density at radius 2 is 1.96 bits per heavy atom. The number of guanidine groups is 1. The fourth-order valence-electron chi connectivity index (χ4n) is 3.64. The van der Waals surface area contributed by atoms with E-state index in [0.717, 1.165) is 16.2 Å². The van der Waals surface area contributed by atoms with E-state index in [2.05, 4.69) is 9.98 Å². The van der Waals surface area contributed by atoms with Crippen molar-refractivity contribution in [1.82, 2.24) is 5.06 Å². The van der Waals surface area contributed by atoms with Gasteiger partial charge < -0.3 is 4.74 Å². The van der Waals surface area contributed by atoms with Crippen LogP contribution in [-0.2, 0) is 0 Å². The van der Waals surface area contributed by atoms with Crippen LogP contribution in [0.5, 0.6) is 5.75 Å². The Morgan fingerprint density at radius 3 is 2.75 bits per heavy atom. The molecule has 1 unspecified atom stereocenters. The minimum absolute atomic E-state index is 0.0566. The highest BCUT2D eigenvalue weighted by atomic mass is 19.1. The van der Waals surface area contributed by atoms with Crippen LogP contribution in [0.3, 0.4) is 0 Å². The van der Waals surface area contributed by atoms with Crippen molar-refractivity contribution in [2.45, 2.75) is 19.4 Å². The van der Waals surface area contributed by atoms with Gasteiger partial charge in [0.2, 0.25) is 5.96 Å². The first-order valence-electron chi connectivity index (χ1n) is 8.82. The maximum absolute atomic E-state index is 14.1. The Morgan fingerprint density at radius 1 is 1.18 bits per heavy atom. The number of rotatable bonds is 3. The first kappa shape index (κ1) is 18.1. The molecule has 0 amide bonds. The average molecular weight is 378 g/mol. The van der Waals surface area contributed by atoms with E-state index in [1.807, 2.05) is 24.3 Å². The van der Waals surface area contributed by atoms with Gasteiger partial charge in [-0.15, -0.1) is 0 Å². The van der Waals surface area contributed by atoms with Crippen LogP contribution < -0.4 is 4.74 Å². The number of allylic oxidation sites excluding steroid dienone is 1. The zero-order valence-electron chi connectivity index (χ0n) is 15.5. The molecule has 0 radical (unpaired) electrons. The number of nitrogens with zero attached hydrogens (tertiary/aromatic N) is 3. The number of fused-ring (bicyclic) bond motifs is 1. The molecule has 0 saturated carbocycles. The zero-order valence-corrected chi connectivity index (χ0v) is 15.5. The Labute approximate surface area is 161 Å². The SMILES string of the molecule is COc1ccccc1-c1cc(F)ccc1C1CC2=NC(=N)N=C(C)C2=CN1O. The average Bonchev–Trinajstić information content (AvgIpc) is 2.68. The Hall–Kier alpha value is -3.32. The summed E-state index contributed by atoms with van der Waals surface area (Å²) in [5.41, 5.74) is 4.13. The van der Waals surface area contributed by atoms with Crippen LogP contribution in [-0.4, -0.2) is 34.8 Å². The van der Waals surface area contributed by atoms with Crippen molar-refractivity contribution in [3.8, 4) is 16.9 Å². The van der Waals surface area contributed by atoms with Gasteiger partial charge in [0.15, 0.2) is 0 Å². The van der Waals surface area contributed by atoms with E-state index < -0.39 is 6.04 Å². The molecule has 2 heterocycles. The minimum atomic E-state index is -0.485. The van der Waals surface area contributed by atoms with Gasteiger partial charge in [-0.05, 0) is 36.2 Å². The molecule has 7 heteroatoms. The summed E-state index contributed by atoms with van der Waals surface area (Å²) >= 11 is 0. The molecule has 28 heavy (non-hydrogen) atoms. The van der Waals surface area contributed by atoms with E-state index in [-0.39, 0.29) is 11.8 Å². The first-order chi connectivity index (χ1) is 13.5. The molecule has 0 fully saturated rings. The third-order valence-corrected chi connectivity index (χ3v) is 4.95. The summed E-state index contributed by atoms with van der Waals surface area (Å²) in [6, 6.07) is 11.4. The van der Waals surface area contributed by atoms with Crippen LogP contribution in [0.4, 0.5) is 4.39 Å². The van der Waals surface area contributed by atoms with Crippen molar-refractivity contribution in [3.05, 3.63) is 65.6 Å². The summed E-state index contributed by atoms with van der Waals surface area (Å²) < 4.78 is 19.6. The molecular weight excluding hydrogens is 359 g/mol. The molecular formula is C21H19FN4O2. The van der Waals surface area contributed by atoms with Crippen molar-refractivity contribution in [2.75, 3.05) is 7.11 Å². The molecule has 0 aromatic heterocycles. The lowest BCUT2D eigenvalue weighted by atomic mass is 9.87. The van der Waals surface area contributed by atoms with E-state index >= 15 is 0 Å². The fraction of sp³-hybridized carbons (Fsp3) is 0.190. The zero-order chi connectivity index (χ0) is 19.8. The molecule has 2 aromatic carbocycles. The second-order valence-electron chi connectivity index (χ2n) is 6.65. The van der Waals surface area contributed by atoms with E-state index in [1.165, 1.54) is 12.1 Å². The largest absolute Gasteiger partial charge is 0.496 e. The summed E-state index contributed by atoms with van der Waals surface area (Å²) in [5, 5.41) is 19.6. The number of methoxy groups -OCH3 is 1. The molecule has 142 valence electrons. The lowest BCUT2D eigenvalue weighted by molar-refractivity contribution is -0.0807. The number of hydrogen-bond donors (Lipinski definition) is 2. The van der Waals surface area contributed by atoms with Crippen LogP contribution in [0.1, 0.15) is 24.9 Å². The molecule has 4 rings (SSSR count). The van der Waals surface area contributed by atoms with Gasteiger partial charge in [0.25, 0.3) is 0 Å². The van der Waals surface area contributed by atoms with Crippen LogP contribution in [0, 0.1) is 11.2 Å².